The molecule has 0 aliphatic rings. The quantitative estimate of drug-likeness (QED) is 0.595. The second-order valence-corrected chi connectivity index (χ2v) is 6.84. The molecular formula is C22H18F2N2O2. The van der Waals surface area contributed by atoms with Crippen molar-refractivity contribution in [3.05, 3.63) is 64.9 Å². The Balaban J connectivity index is 2.48. The fourth-order valence-corrected chi connectivity index (χ4v) is 3.21. The molecule has 0 fully saturated rings. The van der Waals surface area contributed by atoms with Gasteiger partial charge >= 0.3 is 5.97 Å². The van der Waals surface area contributed by atoms with Crippen molar-refractivity contribution in [3.8, 4) is 17.2 Å². The first-order valence-electron chi connectivity index (χ1n) is 8.76. The first-order valence-corrected chi connectivity index (χ1v) is 8.76. The normalized spacial score (nSPS) is 10.9. The fraction of sp³-hybridized carbons (Fsp3) is 0.227. The summed E-state index contributed by atoms with van der Waals surface area (Å²) in [6, 6.07) is 10.2. The van der Waals surface area contributed by atoms with Crippen molar-refractivity contribution in [1.82, 2.24) is 4.98 Å². The minimum Gasteiger partial charge on any atom is -0.465 e. The lowest BCUT2D eigenvalue weighted by Crippen LogP contribution is -2.07. The van der Waals surface area contributed by atoms with Crippen LogP contribution in [0.1, 0.15) is 35.5 Å². The van der Waals surface area contributed by atoms with Crippen LogP contribution in [0.15, 0.2) is 36.4 Å². The van der Waals surface area contributed by atoms with E-state index in [0.717, 1.165) is 12.1 Å². The van der Waals surface area contributed by atoms with E-state index in [1.807, 2.05) is 13.8 Å². The van der Waals surface area contributed by atoms with Gasteiger partial charge in [-0.05, 0) is 42.7 Å². The molecule has 0 aliphatic carbocycles. The van der Waals surface area contributed by atoms with Crippen LogP contribution in [0.25, 0.3) is 22.0 Å². The average molecular weight is 380 g/mol. The largest absolute Gasteiger partial charge is 0.465 e. The zero-order chi connectivity index (χ0) is 20.4. The molecule has 0 N–H and O–H groups in total. The van der Waals surface area contributed by atoms with E-state index in [4.69, 9.17) is 4.74 Å². The number of ether oxygens (including phenoxy) is 1. The number of nitriles is 1. The molecule has 2 aromatic carbocycles. The summed E-state index contributed by atoms with van der Waals surface area (Å²) >= 11 is 0. The lowest BCUT2D eigenvalue weighted by Gasteiger charge is -2.16. The van der Waals surface area contributed by atoms with Crippen LogP contribution < -0.4 is 0 Å². The van der Waals surface area contributed by atoms with Crippen molar-refractivity contribution in [2.75, 3.05) is 7.11 Å². The number of carbonyl (C=O) groups excluding carboxylic acids is 1. The minimum absolute atomic E-state index is 0.101. The monoisotopic (exact) mass is 380 g/mol. The van der Waals surface area contributed by atoms with E-state index in [1.165, 1.54) is 25.3 Å². The zero-order valence-corrected chi connectivity index (χ0v) is 15.7. The number of nitrogens with zero attached hydrogens (tertiary/aromatic N) is 2. The summed E-state index contributed by atoms with van der Waals surface area (Å²) in [7, 11) is 1.24. The van der Waals surface area contributed by atoms with Gasteiger partial charge in [0.2, 0.25) is 0 Å². The number of esters is 1. The number of rotatable bonds is 4. The molecule has 3 rings (SSSR count). The molecule has 1 aromatic heterocycles. The van der Waals surface area contributed by atoms with Crippen LogP contribution in [0.3, 0.4) is 0 Å². The highest BCUT2D eigenvalue weighted by atomic mass is 19.1. The molecule has 0 saturated carbocycles. The van der Waals surface area contributed by atoms with Crippen molar-refractivity contribution in [3.63, 3.8) is 0 Å². The first kappa shape index (κ1) is 19.4. The lowest BCUT2D eigenvalue weighted by atomic mass is 9.91. The number of methoxy groups -OCH3 is 1. The third-order valence-corrected chi connectivity index (χ3v) is 4.41. The van der Waals surface area contributed by atoms with E-state index in [2.05, 4.69) is 11.1 Å². The fourth-order valence-electron chi connectivity index (χ4n) is 3.21. The summed E-state index contributed by atoms with van der Waals surface area (Å²) in [4.78, 5) is 16.5. The number of fused-ring (bicyclic) bond motifs is 1. The van der Waals surface area contributed by atoms with E-state index in [0.29, 0.717) is 23.0 Å². The van der Waals surface area contributed by atoms with E-state index in [1.54, 1.807) is 6.07 Å². The molecule has 0 saturated heterocycles. The standard InChI is InChI=1S/C22H18F2N2O2/c1-12(2)9-19-15(11-25)20(21-16(23)5-4-6-17(21)24)14-10-13(22(27)28-3)7-8-18(14)26-19/h4-8,10,12H,9H2,1-3H3. The van der Waals surface area contributed by atoms with Crippen LogP contribution in [-0.2, 0) is 11.2 Å². The highest BCUT2D eigenvalue weighted by Gasteiger charge is 2.23. The second kappa shape index (κ2) is 7.73. The number of carbonyl (C=O) groups is 1. The molecule has 0 unspecified atom stereocenters. The zero-order valence-electron chi connectivity index (χ0n) is 15.7. The number of benzene rings is 2. The van der Waals surface area contributed by atoms with Gasteiger partial charge < -0.3 is 4.74 Å². The van der Waals surface area contributed by atoms with Gasteiger partial charge in [-0.3, -0.25) is 4.98 Å². The lowest BCUT2D eigenvalue weighted by molar-refractivity contribution is 0.0601. The number of pyridine rings is 1. The average Bonchev–Trinajstić information content (AvgIpc) is 2.66. The van der Waals surface area contributed by atoms with Gasteiger partial charge in [0, 0.05) is 10.9 Å². The van der Waals surface area contributed by atoms with Crippen LogP contribution in [-0.4, -0.2) is 18.1 Å². The third-order valence-electron chi connectivity index (χ3n) is 4.41. The van der Waals surface area contributed by atoms with Crippen LogP contribution in [0, 0.1) is 28.9 Å². The molecular weight excluding hydrogens is 362 g/mol. The molecule has 0 radical (unpaired) electrons. The molecule has 28 heavy (non-hydrogen) atoms. The van der Waals surface area contributed by atoms with Gasteiger partial charge in [-0.25, -0.2) is 13.6 Å². The molecule has 142 valence electrons. The van der Waals surface area contributed by atoms with Gasteiger partial charge in [-0.2, -0.15) is 5.26 Å². The SMILES string of the molecule is COC(=O)c1ccc2nc(CC(C)C)c(C#N)c(-c3c(F)cccc3F)c2c1. The molecule has 0 spiro atoms. The molecule has 0 amide bonds. The van der Waals surface area contributed by atoms with Gasteiger partial charge in [-0.15, -0.1) is 0 Å². The van der Waals surface area contributed by atoms with E-state index in [-0.39, 0.29) is 28.2 Å². The predicted octanol–water partition coefficient (Wildman–Crippen LogP) is 5.04. The maximum atomic E-state index is 14.6. The Hall–Kier alpha value is -3.33. The molecule has 6 heteroatoms. The maximum absolute atomic E-state index is 14.6. The highest BCUT2D eigenvalue weighted by molar-refractivity contribution is 6.02. The van der Waals surface area contributed by atoms with E-state index >= 15 is 0 Å². The Morgan fingerprint density at radius 2 is 1.86 bits per heavy atom. The molecule has 0 aliphatic heterocycles. The number of hydrogen-bond donors (Lipinski definition) is 0. The second-order valence-electron chi connectivity index (χ2n) is 6.84. The van der Waals surface area contributed by atoms with Crippen molar-refractivity contribution < 1.29 is 18.3 Å². The Morgan fingerprint density at radius 3 is 2.43 bits per heavy atom. The summed E-state index contributed by atoms with van der Waals surface area (Å²) in [5, 5.41) is 10.1. The first-order chi connectivity index (χ1) is 13.4. The van der Waals surface area contributed by atoms with Gasteiger partial charge in [0.15, 0.2) is 0 Å². The van der Waals surface area contributed by atoms with E-state index < -0.39 is 17.6 Å². The predicted molar refractivity (Wildman–Crippen MR) is 102 cm³/mol. The Labute approximate surface area is 161 Å². The van der Waals surface area contributed by atoms with Crippen LogP contribution >= 0.6 is 0 Å². The van der Waals surface area contributed by atoms with Crippen molar-refractivity contribution in [2.45, 2.75) is 20.3 Å². The topological polar surface area (TPSA) is 63.0 Å². The summed E-state index contributed by atoms with van der Waals surface area (Å²) in [6.07, 6.45) is 0.473. The molecule has 3 aromatic rings. The van der Waals surface area contributed by atoms with E-state index in [9.17, 15) is 18.8 Å². The Morgan fingerprint density at radius 1 is 1.18 bits per heavy atom. The maximum Gasteiger partial charge on any atom is 0.337 e. The van der Waals surface area contributed by atoms with Crippen LogP contribution in [0.5, 0.6) is 0 Å². The van der Waals surface area contributed by atoms with Crippen molar-refractivity contribution in [1.29, 1.82) is 5.26 Å². The van der Waals surface area contributed by atoms with Crippen LogP contribution in [0.2, 0.25) is 0 Å². The van der Waals surface area contributed by atoms with Gasteiger partial charge in [0.25, 0.3) is 0 Å². The Bertz CT molecular complexity index is 1100. The Kier molecular flexibility index (Phi) is 5.36. The van der Waals surface area contributed by atoms with Gasteiger partial charge in [-0.1, -0.05) is 19.9 Å². The molecule has 4 nitrogen and oxygen atoms in total. The smallest absolute Gasteiger partial charge is 0.337 e. The summed E-state index contributed by atoms with van der Waals surface area (Å²) in [5.74, 6) is -1.98. The third kappa shape index (κ3) is 3.44. The minimum atomic E-state index is -0.789. The molecule has 0 bridgehead atoms. The number of aromatic nitrogens is 1. The molecule has 0 atom stereocenters. The summed E-state index contributed by atoms with van der Waals surface area (Å²) in [5.41, 5.74) is 1.01. The van der Waals surface area contributed by atoms with Crippen LogP contribution in [0.4, 0.5) is 8.78 Å². The van der Waals surface area contributed by atoms with Gasteiger partial charge in [0.05, 0.1) is 35.0 Å². The summed E-state index contributed by atoms with van der Waals surface area (Å²) < 4.78 is 34.0. The summed E-state index contributed by atoms with van der Waals surface area (Å²) in [6.45, 7) is 3.94. The molecule has 1 heterocycles. The van der Waals surface area contributed by atoms with Crippen molar-refractivity contribution in [2.24, 2.45) is 5.92 Å². The van der Waals surface area contributed by atoms with Gasteiger partial charge in [0.1, 0.15) is 17.7 Å². The number of halogens is 2. The van der Waals surface area contributed by atoms with Crippen molar-refractivity contribution >= 4 is 16.9 Å². The number of hydrogen-bond acceptors (Lipinski definition) is 4. The highest BCUT2D eigenvalue weighted by Crippen LogP contribution is 2.37.